The van der Waals surface area contributed by atoms with Crippen LogP contribution in [0, 0.1) is 11.8 Å². The fourth-order valence-electron chi connectivity index (χ4n) is 2.47. The first-order valence-electron chi connectivity index (χ1n) is 7.61. The molecule has 21 heavy (non-hydrogen) atoms. The molecule has 3 unspecified atom stereocenters. The number of esters is 2. The molecule has 2 aliphatic heterocycles. The lowest BCUT2D eigenvalue weighted by atomic mass is 10.0. The largest absolute Gasteiger partial charge is 0.460 e. The molecule has 6 heteroatoms. The van der Waals surface area contributed by atoms with Crippen LogP contribution in [0.25, 0.3) is 0 Å². The zero-order valence-corrected chi connectivity index (χ0v) is 13.0. The predicted octanol–water partition coefficient (Wildman–Crippen LogP) is 1.23. The topological polar surface area (TPSA) is 73.9 Å². The van der Waals surface area contributed by atoms with Crippen LogP contribution in [0.3, 0.4) is 0 Å². The lowest BCUT2D eigenvalue weighted by molar-refractivity contribution is -0.201. The average Bonchev–Trinajstić information content (AvgIpc) is 2.91. The Morgan fingerprint density at radius 1 is 1.10 bits per heavy atom. The van der Waals surface area contributed by atoms with Gasteiger partial charge in [0.1, 0.15) is 5.60 Å². The minimum atomic E-state index is -0.531. The number of carbonyl (C=O) groups is 2. The van der Waals surface area contributed by atoms with Gasteiger partial charge < -0.3 is 19.5 Å². The highest BCUT2D eigenvalue weighted by Gasteiger charge is 2.33. The minimum absolute atomic E-state index is 0.0721. The maximum atomic E-state index is 11.9. The van der Waals surface area contributed by atoms with Gasteiger partial charge in [-0.1, -0.05) is 0 Å². The summed E-state index contributed by atoms with van der Waals surface area (Å²) < 4.78 is 16.2. The molecule has 0 aromatic carbocycles. The molecule has 2 fully saturated rings. The molecule has 2 heterocycles. The summed E-state index contributed by atoms with van der Waals surface area (Å²) in [6.45, 7) is 7.30. The van der Waals surface area contributed by atoms with Crippen molar-refractivity contribution in [3.63, 3.8) is 0 Å². The maximum absolute atomic E-state index is 11.9. The average molecular weight is 299 g/mol. The Morgan fingerprint density at radius 3 is 2.38 bits per heavy atom. The van der Waals surface area contributed by atoms with Crippen molar-refractivity contribution < 1.29 is 23.8 Å². The molecule has 0 bridgehead atoms. The summed E-state index contributed by atoms with van der Waals surface area (Å²) in [6.07, 6.45) is 1.44. The zero-order valence-electron chi connectivity index (χ0n) is 13.0. The van der Waals surface area contributed by atoms with Gasteiger partial charge in [0.25, 0.3) is 0 Å². The summed E-state index contributed by atoms with van der Waals surface area (Å²) >= 11 is 0. The third-order valence-corrected chi connectivity index (χ3v) is 3.62. The molecule has 0 aromatic heterocycles. The van der Waals surface area contributed by atoms with Gasteiger partial charge in [-0.2, -0.15) is 0 Å². The third kappa shape index (κ3) is 4.97. The van der Waals surface area contributed by atoms with Gasteiger partial charge in [-0.25, -0.2) is 0 Å². The van der Waals surface area contributed by atoms with Gasteiger partial charge in [-0.3, -0.25) is 9.59 Å². The third-order valence-electron chi connectivity index (χ3n) is 3.62. The second kappa shape index (κ2) is 6.75. The van der Waals surface area contributed by atoms with Crippen molar-refractivity contribution in [3.05, 3.63) is 0 Å². The number of ether oxygens (including phenoxy) is 3. The Hall–Kier alpha value is -1.14. The van der Waals surface area contributed by atoms with Crippen molar-refractivity contribution >= 4 is 11.9 Å². The highest BCUT2D eigenvalue weighted by atomic mass is 16.7. The number of carbonyl (C=O) groups excluding carboxylic acids is 2. The van der Waals surface area contributed by atoms with Crippen molar-refractivity contribution in [1.29, 1.82) is 0 Å². The van der Waals surface area contributed by atoms with E-state index in [1.807, 2.05) is 20.8 Å². The number of rotatable bonds is 3. The highest BCUT2D eigenvalue weighted by Crippen LogP contribution is 2.24. The molecule has 0 radical (unpaired) electrons. The molecular formula is C15H25NO5. The van der Waals surface area contributed by atoms with E-state index in [9.17, 15) is 9.59 Å². The first-order chi connectivity index (χ1) is 9.85. The second-order valence-electron chi connectivity index (χ2n) is 6.70. The molecule has 0 aromatic rings. The van der Waals surface area contributed by atoms with E-state index >= 15 is 0 Å². The van der Waals surface area contributed by atoms with E-state index < -0.39 is 11.9 Å². The summed E-state index contributed by atoms with van der Waals surface area (Å²) in [7, 11) is 0. The molecule has 3 atom stereocenters. The standard InChI is InChI=1S/C15H25NO5/c1-15(2,3)21-14(18)11-4-5-12(19-9-11)20-13(17)10-6-7-16-8-10/h10-12,16H,4-9H2,1-3H3. The molecule has 120 valence electrons. The second-order valence-corrected chi connectivity index (χ2v) is 6.70. The van der Waals surface area contributed by atoms with E-state index in [0.29, 0.717) is 19.4 Å². The first kappa shape index (κ1) is 16.2. The van der Waals surface area contributed by atoms with Gasteiger partial charge in [0.2, 0.25) is 6.29 Å². The molecule has 0 aliphatic carbocycles. The van der Waals surface area contributed by atoms with Crippen molar-refractivity contribution in [1.82, 2.24) is 5.32 Å². The Morgan fingerprint density at radius 2 is 1.86 bits per heavy atom. The quantitative estimate of drug-likeness (QED) is 0.790. The molecule has 0 spiro atoms. The van der Waals surface area contributed by atoms with E-state index in [4.69, 9.17) is 14.2 Å². The van der Waals surface area contributed by atoms with Crippen molar-refractivity contribution in [2.45, 2.75) is 51.9 Å². The van der Waals surface area contributed by atoms with Crippen LogP contribution in [0.4, 0.5) is 0 Å². The summed E-state index contributed by atoms with van der Waals surface area (Å²) in [5.74, 6) is -0.794. The summed E-state index contributed by atoms with van der Waals surface area (Å²) in [5, 5.41) is 3.13. The summed E-state index contributed by atoms with van der Waals surface area (Å²) in [6, 6.07) is 0. The van der Waals surface area contributed by atoms with E-state index in [2.05, 4.69) is 5.32 Å². The molecule has 1 N–H and O–H groups in total. The number of hydrogen-bond acceptors (Lipinski definition) is 6. The molecule has 2 saturated heterocycles. The Bertz CT molecular complexity index is 376. The number of hydrogen-bond donors (Lipinski definition) is 1. The summed E-state index contributed by atoms with van der Waals surface area (Å²) in [5.41, 5.74) is -0.490. The SMILES string of the molecule is CC(C)(C)OC(=O)C1CCC(OC(=O)C2CCNC2)OC1. The van der Waals surface area contributed by atoms with E-state index in [0.717, 1.165) is 13.0 Å². The highest BCUT2D eigenvalue weighted by molar-refractivity contribution is 5.74. The molecule has 2 rings (SSSR count). The van der Waals surface area contributed by atoms with Gasteiger partial charge in [0.05, 0.1) is 18.4 Å². The number of nitrogens with one attached hydrogen (secondary N) is 1. The normalized spacial score (nSPS) is 30.0. The van der Waals surface area contributed by atoms with Crippen LogP contribution in [0.2, 0.25) is 0 Å². The molecule has 6 nitrogen and oxygen atoms in total. The molecular weight excluding hydrogens is 274 g/mol. The van der Waals surface area contributed by atoms with E-state index in [1.54, 1.807) is 0 Å². The summed E-state index contributed by atoms with van der Waals surface area (Å²) in [4.78, 5) is 23.8. The van der Waals surface area contributed by atoms with Gasteiger partial charge in [0.15, 0.2) is 0 Å². The van der Waals surface area contributed by atoms with Crippen LogP contribution in [0.15, 0.2) is 0 Å². The fraction of sp³-hybridized carbons (Fsp3) is 0.867. The van der Waals surface area contributed by atoms with Gasteiger partial charge in [0, 0.05) is 13.0 Å². The lowest BCUT2D eigenvalue weighted by Gasteiger charge is -2.30. The lowest BCUT2D eigenvalue weighted by Crippen LogP contribution is -2.37. The zero-order chi connectivity index (χ0) is 15.5. The predicted molar refractivity (Wildman–Crippen MR) is 75.4 cm³/mol. The van der Waals surface area contributed by atoms with Crippen molar-refractivity contribution in [2.24, 2.45) is 11.8 Å². The molecule has 0 saturated carbocycles. The Kier molecular flexibility index (Phi) is 5.22. The van der Waals surface area contributed by atoms with Crippen molar-refractivity contribution in [2.75, 3.05) is 19.7 Å². The van der Waals surface area contributed by atoms with E-state index in [-0.39, 0.29) is 30.4 Å². The van der Waals surface area contributed by atoms with Gasteiger partial charge in [-0.15, -0.1) is 0 Å². The van der Waals surface area contributed by atoms with Crippen LogP contribution in [0.1, 0.15) is 40.0 Å². The smallest absolute Gasteiger partial charge is 0.312 e. The van der Waals surface area contributed by atoms with Gasteiger partial charge in [-0.05, 0) is 40.2 Å². The Balaban J connectivity index is 1.72. The van der Waals surface area contributed by atoms with Crippen LogP contribution in [-0.2, 0) is 23.8 Å². The van der Waals surface area contributed by atoms with E-state index in [1.165, 1.54) is 0 Å². The monoisotopic (exact) mass is 299 g/mol. The van der Waals surface area contributed by atoms with Gasteiger partial charge >= 0.3 is 11.9 Å². The van der Waals surface area contributed by atoms with Crippen LogP contribution in [-0.4, -0.2) is 43.5 Å². The first-order valence-corrected chi connectivity index (χ1v) is 7.61. The van der Waals surface area contributed by atoms with Crippen LogP contribution < -0.4 is 5.32 Å². The molecule has 0 amide bonds. The van der Waals surface area contributed by atoms with Crippen molar-refractivity contribution in [3.8, 4) is 0 Å². The molecule has 2 aliphatic rings. The fourth-order valence-corrected chi connectivity index (χ4v) is 2.47. The minimum Gasteiger partial charge on any atom is -0.460 e. The maximum Gasteiger partial charge on any atom is 0.312 e. The Labute approximate surface area is 125 Å². The van der Waals surface area contributed by atoms with Crippen LogP contribution >= 0.6 is 0 Å². The van der Waals surface area contributed by atoms with Crippen LogP contribution in [0.5, 0.6) is 0 Å².